The standard InChI is InChI=1S/C21H23ClO6/c1-2-26-15-6-3-12(4-7-15)9-13-10-14(5-8-16(13)22)21-20(28-21)19(25)18(24)17(11-23)27-21/h3-8,10,17-20,23-25H,2,9,11H2,1H3. The predicted molar refractivity (Wildman–Crippen MR) is 102 cm³/mol. The molecule has 2 saturated heterocycles. The van der Waals surface area contributed by atoms with Crippen LogP contribution in [0.5, 0.6) is 5.75 Å². The van der Waals surface area contributed by atoms with Gasteiger partial charge in [0.1, 0.15) is 30.2 Å². The SMILES string of the molecule is CCOc1ccc(Cc2cc(C34OC(CO)C(O)C(O)C3O4)ccc2Cl)cc1. The van der Waals surface area contributed by atoms with E-state index in [2.05, 4.69) is 0 Å². The van der Waals surface area contributed by atoms with Crippen LogP contribution in [0.3, 0.4) is 0 Å². The van der Waals surface area contributed by atoms with Gasteiger partial charge in [0, 0.05) is 10.6 Å². The highest BCUT2D eigenvalue weighted by Gasteiger charge is 2.69. The molecule has 5 atom stereocenters. The number of rotatable bonds is 6. The molecule has 2 fully saturated rings. The highest BCUT2D eigenvalue weighted by Crippen LogP contribution is 2.54. The Morgan fingerprint density at radius 1 is 1.07 bits per heavy atom. The molecule has 7 heteroatoms. The Balaban J connectivity index is 1.58. The van der Waals surface area contributed by atoms with E-state index in [-0.39, 0.29) is 0 Å². The molecule has 28 heavy (non-hydrogen) atoms. The van der Waals surface area contributed by atoms with Crippen molar-refractivity contribution in [1.82, 2.24) is 0 Å². The maximum absolute atomic E-state index is 10.2. The first-order chi connectivity index (χ1) is 13.5. The summed E-state index contributed by atoms with van der Waals surface area (Å²) in [7, 11) is 0. The van der Waals surface area contributed by atoms with E-state index in [1.165, 1.54) is 0 Å². The summed E-state index contributed by atoms with van der Waals surface area (Å²) in [6, 6.07) is 13.2. The van der Waals surface area contributed by atoms with Crippen molar-refractivity contribution in [2.24, 2.45) is 0 Å². The van der Waals surface area contributed by atoms with E-state index >= 15 is 0 Å². The van der Waals surface area contributed by atoms with E-state index in [4.69, 9.17) is 25.8 Å². The summed E-state index contributed by atoms with van der Waals surface area (Å²) in [4.78, 5) is 0. The van der Waals surface area contributed by atoms with Crippen molar-refractivity contribution in [3.05, 3.63) is 64.2 Å². The second-order valence-corrected chi connectivity index (χ2v) is 7.49. The van der Waals surface area contributed by atoms with Crippen LogP contribution in [0.25, 0.3) is 0 Å². The zero-order valence-corrected chi connectivity index (χ0v) is 16.2. The lowest BCUT2D eigenvalue weighted by molar-refractivity contribution is -0.188. The second-order valence-electron chi connectivity index (χ2n) is 7.09. The third kappa shape index (κ3) is 3.41. The van der Waals surface area contributed by atoms with Gasteiger partial charge in [0.2, 0.25) is 5.79 Å². The minimum atomic E-state index is -1.19. The molecule has 2 aromatic rings. The normalized spacial score (nSPS) is 31.3. The molecule has 2 aromatic carbocycles. The third-order valence-electron chi connectivity index (χ3n) is 5.24. The Morgan fingerprint density at radius 3 is 2.50 bits per heavy atom. The van der Waals surface area contributed by atoms with Gasteiger partial charge in [0.25, 0.3) is 0 Å². The number of aliphatic hydroxyl groups excluding tert-OH is 3. The first-order valence-electron chi connectivity index (χ1n) is 9.31. The second kappa shape index (κ2) is 7.63. The summed E-state index contributed by atoms with van der Waals surface area (Å²) in [5.74, 6) is -0.345. The van der Waals surface area contributed by atoms with E-state index < -0.39 is 36.8 Å². The van der Waals surface area contributed by atoms with E-state index in [1.807, 2.05) is 37.3 Å². The minimum absolute atomic E-state index is 0.414. The Morgan fingerprint density at radius 2 is 1.82 bits per heavy atom. The Labute approximate surface area is 168 Å². The summed E-state index contributed by atoms with van der Waals surface area (Å²) in [5, 5.41) is 30.3. The number of benzene rings is 2. The van der Waals surface area contributed by atoms with Crippen LogP contribution in [-0.2, 0) is 21.7 Å². The first-order valence-corrected chi connectivity index (χ1v) is 9.69. The quantitative estimate of drug-likeness (QED) is 0.635. The van der Waals surface area contributed by atoms with Crippen LogP contribution < -0.4 is 4.74 Å². The highest BCUT2D eigenvalue weighted by atomic mass is 35.5. The van der Waals surface area contributed by atoms with Gasteiger partial charge in [-0.05, 0) is 48.7 Å². The number of fused-ring (bicyclic) bond motifs is 1. The van der Waals surface area contributed by atoms with E-state index in [0.29, 0.717) is 23.6 Å². The van der Waals surface area contributed by atoms with Crippen molar-refractivity contribution in [1.29, 1.82) is 0 Å². The van der Waals surface area contributed by atoms with E-state index in [1.54, 1.807) is 12.1 Å². The summed E-state index contributed by atoms with van der Waals surface area (Å²) >= 11 is 6.40. The summed E-state index contributed by atoms with van der Waals surface area (Å²) in [6.07, 6.45) is -3.31. The molecule has 2 aliphatic rings. The molecule has 0 aliphatic carbocycles. The smallest absolute Gasteiger partial charge is 0.226 e. The first kappa shape index (κ1) is 19.6. The van der Waals surface area contributed by atoms with Crippen molar-refractivity contribution < 1.29 is 29.5 Å². The van der Waals surface area contributed by atoms with Crippen LogP contribution in [0.1, 0.15) is 23.6 Å². The van der Waals surface area contributed by atoms with Crippen molar-refractivity contribution >= 4 is 11.6 Å². The molecule has 2 heterocycles. The molecule has 0 radical (unpaired) electrons. The number of hydrogen-bond donors (Lipinski definition) is 3. The van der Waals surface area contributed by atoms with Gasteiger partial charge >= 0.3 is 0 Å². The molecule has 5 unspecified atom stereocenters. The molecular weight excluding hydrogens is 384 g/mol. The Kier molecular flexibility index (Phi) is 5.35. The van der Waals surface area contributed by atoms with Gasteiger partial charge in [-0.25, -0.2) is 0 Å². The fourth-order valence-corrected chi connectivity index (χ4v) is 3.88. The van der Waals surface area contributed by atoms with Gasteiger partial charge in [0.05, 0.1) is 13.2 Å². The fourth-order valence-electron chi connectivity index (χ4n) is 3.70. The largest absolute Gasteiger partial charge is 0.494 e. The van der Waals surface area contributed by atoms with E-state index in [9.17, 15) is 15.3 Å². The lowest BCUT2D eigenvalue weighted by Gasteiger charge is -2.33. The number of aliphatic hydroxyl groups is 3. The van der Waals surface area contributed by atoms with Gasteiger partial charge in [0.15, 0.2) is 0 Å². The lowest BCUT2D eigenvalue weighted by atomic mass is 9.92. The van der Waals surface area contributed by atoms with Crippen LogP contribution in [0.2, 0.25) is 5.02 Å². The maximum Gasteiger partial charge on any atom is 0.226 e. The zero-order valence-electron chi connectivity index (χ0n) is 15.4. The van der Waals surface area contributed by atoms with Crippen molar-refractivity contribution in [2.75, 3.05) is 13.2 Å². The molecule has 0 aromatic heterocycles. The van der Waals surface area contributed by atoms with Crippen molar-refractivity contribution in [3.63, 3.8) is 0 Å². The van der Waals surface area contributed by atoms with Crippen molar-refractivity contribution in [2.45, 2.75) is 43.5 Å². The number of halogens is 1. The van der Waals surface area contributed by atoms with Gasteiger partial charge in [-0.15, -0.1) is 0 Å². The summed E-state index contributed by atoms with van der Waals surface area (Å²) in [6.45, 7) is 2.14. The molecule has 2 aliphatic heterocycles. The minimum Gasteiger partial charge on any atom is -0.494 e. The molecule has 0 bridgehead atoms. The van der Waals surface area contributed by atoms with Gasteiger partial charge in [-0.2, -0.15) is 0 Å². The molecular formula is C21H23ClO6. The van der Waals surface area contributed by atoms with Crippen molar-refractivity contribution in [3.8, 4) is 5.75 Å². The fraction of sp³-hybridized carbons (Fsp3) is 0.429. The molecule has 150 valence electrons. The summed E-state index contributed by atoms with van der Waals surface area (Å²) in [5.41, 5.74) is 2.66. The topological polar surface area (TPSA) is 91.7 Å². The number of hydrogen-bond acceptors (Lipinski definition) is 6. The average Bonchev–Trinajstić information content (AvgIpc) is 3.44. The van der Waals surface area contributed by atoms with Crippen LogP contribution in [0.15, 0.2) is 42.5 Å². The molecule has 3 N–H and O–H groups in total. The molecule has 0 amide bonds. The Bertz CT molecular complexity index is 841. The van der Waals surface area contributed by atoms with Crippen LogP contribution in [0.4, 0.5) is 0 Å². The maximum atomic E-state index is 10.2. The highest BCUT2D eigenvalue weighted by molar-refractivity contribution is 6.31. The van der Waals surface area contributed by atoms with Gasteiger partial charge < -0.3 is 29.5 Å². The average molecular weight is 407 g/mol. The van der Waals surface area contributed by atoms with Gasteiger partial charge in [-0.3, -0.25) is 0 Å². The molecule has 0 spiro atoms. The van der Waals surface area contributed by atoms with Gasteiger partial charge in [-0.1, -0.05) is 29.8 Å². The third-order valence-corrected chi connectivity index (χ3v) is 5.61. The predicted octanol–water partition coefficient (Wildman–Crippen LogP) is 1.99. The zero-order chi connectivity index (χ0) is 19.9. The molecule has 6 nitrogen and oxygen atoms in total. The summed E-state index contributed by atoms with van der Waals surface area (Å²) < 4.78 is 16.9. The molecule has 4 rings (SSSR count). The monoisotopic (exact) mass is 406 g/mol. The number of epoxide rings is 1. The van der Waals surface area contributed by atoms with E-state index in [0.717, 1.165) is 16.9 Å². The Hall–Kier alpha value is -1.67. The van der Waals surface area contributed by atoms with Crippen LogP contribution >= 0.6 is 11.6 Å². The van der Waals surface area contributed by atoms with Crippen LogP contribution in [-0.4, -0.2) is 52.9 Å². The lowest BCUT2D eigenvalue weighted by Crippen LogP contribution is -2.51. The molecule has 0 saturated carbocycles. The number of ether oxygens (including phenoxy) is 3. The van der Waals surface area contributed by atoms with Crippen LogP contribution in [0, 0.1) is 0 Å².